The summed E-state index contributed by atoms with van der Waals surface area (Å²) >= 11 is 0. The topological polar surface area (TPSA) is 73.7 Å². The second-order valence-corrected chi connectivity index (χ2v) is 6.42. The van der Waals surface area contributed by atoms with E-state index >= 15 is 0 Å². The minimum atomic E-state index is -0.220. The van der Waals surface area contributed by atoms with Crippen molar-refractivity contribution in [3.8, 4) is 5.75 Å². The number of rotatable bonds is 5. The van der Waals surface area contributed by atoms with E-state index in [1.54, 1.807) is 6.21 Å². The SMILES string of the molecule is Cc1cc(C)c(NCC(=O)N/N=C/c2cc(C)c(O)c(C)c2)c(C)c1. The van der Waals surface area contributed by atoms with Crippen molar-refractivity contribution >= 4 is 17.8 Å². The number of hydrogen-bond acceptors (Lipinski definition) is 4. The Balaban J connectivity index is 1.93. The van der Waals surface area contributed by atoms with Crippen molar-refractivity contribution in [3.63, 3.8) is 0 Å². The summed E-state index contributed by atoms with van der Waals surface area (Å²) in [5.74, 6) is 0.0667. The van der Waals surface area contributed by atoms with Crippen molar-refractivity contribution in [2.45, 2.75) is 34.6 Å². The molecule has 0 fully saturated rings. The molecule has 3 N–H and O–H groups in total. The van der Waals surface area contributed by atoms with Crippen LogP contribution in [0.4, 0.5) is 5.69 Å². The number of phenols is 1. The molecule has 2 aromatic carbocycles. The molecule has 1 amide bonds. The zero-order valence-corrected chi connectivity index (χ0v) is 15.4. The Labute approximate surface area is 148 Å². The second kappa shape index (κ2) is 7.83. The van der Waals surface area contributed by atoms with Crippen LogP contribution in [0.1, 0.15) is 33.4 Å². The van der Waals surface area contributed by atoms with Gasteiger partial charge in [-0.2, -0.15) is 5.10 Å². The Bertz CT molecular complexity index is 780. The van der Waals surface area contributed by atoms with Gasteiger partial charge in [0.2, 0.25) is 0 Å². The highest BCUT2D eigenvalue weighted by molar-refractivity contribution is 5.85. The zero-order chi connectivity index (χ0) is 18.6. The molecule has 0 atom stereocenters. The van der Waals surface area contributed by atoms with Gasteiger partial charge in [0, 0.05) is 5.69 Å². The first kappa shape index (κ1) is 18.5. The first-order valence-corrected chi connectivity index (χ1v) is 8.21. The van der Waals surface area contributed by atoms with E-state index in [1.165, 1.54) is 5.56 Å². The molecule has 0 unspecified atom stereocenters. The maximum atomic E-state index is 12.0. The Morgan fingerprint density at radius 3 is 2.12 bits per heavy atom. The standard InChI is InChI=1S/C20H25N3O2/c1-12-6-13(2)19(14(3)7-12)21-11-18(24)23-22-10-17-8-15(4)20(25)16(5)9-17/h6-10,21,25H,11H2,1-5H3,(H,23,24)/b22-10+. The lowest BCUT2D eigenvalue weighted by Crippen LogP contribution is -2.26. The van der Waals surface area contributed by atoms with E-state index in [0.29, 0.717) is 0 Å². The average molecular weight is 339 g/mol. The minimum Gasteiger partial charge on any atom is -0.507 e. The van der Waals surface area contributed by atoms with Crippen LogP contribution < -0.4 is 10.7 Å². The maximum Gasteiger partial charge on any atom is 0.259 e. The Morgan fingerprint density at radius 1 is 1.00 bits per heavy atom. The van der Waals surface area contributed by atoms with Crippen LogP contribution in [-0.2, 0) is 4.79 Å². The lowest BCUT2D eigenvalue weighted by molar-refractivity contribution is -0.119. The monoisotopic (exact) mass is 339 g/mol. The highest BCUT2D eigenvalue weighted by Crippen LogP contribution is 2.22. The number of nitrogens with one attached hydrogen (secondary N) is 2. The number of phenolic OH excluding ortho intramolecular Hbond substituents is 1. The number of aromatic hydroxyl groups is 1. The molecule has 0 saturated carbocycles. The Kier molecular flexibility index (Phi) is 5.80. The molecule has 5 heteroatoms. The van der Waals surface area contributed by atoms with Gasteiger partial charge in [-0.15, -0.1) is 0 Å². The summed E-state index contributed by atoms with van der Waals surface area (Å²) in [6.45, 7) is 9.90. The molecule has 0 aliphatic carbocycles. The summed E-state index contributed by atoms with van der Waals surface area (Å²) in [6, 6.07) is 7.80. The molecule has 2 aromatic rings. The molecular weight excluding hydrogens is 314 g/mol. The largest absolute Gasteiger partial charge is 0.507 e. The summed E-state index contributed by atoms with van der Waals surface area (Å²) in [7, 11) is 0. The van der Waals surface area contributed by atoms with Gasteiger partial charge in [-0.1, -0.05) is 17.7 Å². The molecule has 0 aromatic heterocycles. The number of nitrogens with zero attached hydrogens (tertiary/aromatic N) is 1. The van der Waals surface area contributed by atoms with E-state index in [4.69, 9.17) is 0 Å². The molecule has 0 radical (unpaired) electrons. The van der Waals surface area contributed by atoms with Gasteiger partial charge in [-0.05, 0) is 74.6 Å². The van der Waals surface area contributed by atoms with E-state index in [1.807, 2.05) is 39.8 Å². The summed E-state index contributed by atoms with van der Waals surface area (Å²) in [4.78, 5) is 12.0. The van der Waals surface area contributed by atoms with Gasteiger partial charge < -0.3 is 10.4 Å². The number of amides is 1. The van der Waals surface area contributed by atoms with Gasteiger partial charge in [0.05, 0.1) is 12.8 Å². The molecule has 0 saturated heterocycles. The van der Waals surface area contributed by atoms with Crippen LogP contribution in [0.25, 0.3) is 0 Å². The predicted molar refractivity (Wildman–Crippen MR) is 102 cm³/mol. The van der Waals surface area contributed by atoms with Gasteiger partial charge in [-0.3, -0.25) is 4.79 Å². The number of carbonyl (C=O) groups excluding carboxylic acids is 1. The summed E-state index contributed by atoms with van der Waals surface area (Å²) < 4.78 is 0. The van der Waals surface area contributed by atoms with Crippen LogP contribution in [0.3, 0.4) is 0 Å². The third kappa shape index (κ3) is 4.83. The van der Waals surface area contributed by atoms with E-state index < -0.39 is 0 Å². The van der Waals surface area contributed by atoms with Crippen molar-refractivity contribution < 1.29 is 9.90 Å². The molecule has 0 heterocycles. The highest BCUT2D eigenvalue weighted by atomic mass is 16.3. The van der Waals surface area contributed by atoms with E-state index in [0.717, 1.165) is 33.5 Å². The minimum absolute atomic E-state index is 0.149. The van der Waals surface area contributed by atoms with Gasteiger partial charge in [-0.25, -0.2) is 5.43 Å². The average Bonchev–Trinajstić information content (AvgIpc) is 2.51. The van der Waals surface area contributed by atoms with E-state index in [2.05, 4.69) is 34.9 Å². The first-order chi connectivity index (χ1) is 11.8. The van der Waals surface area contributed by atoms with E-state index in [9.17, 15) is 9.90 Å². The van der Waals surface area contributed by atoms with Crippen molar-refractivity contribution in [1.29, 1.82) is 0 Å². The molecular formula is C20H25N3O2. The van der Waals surface area contributed by atoms with Crippen LogP contribution in [0.15, 0.2) is 29.4 Å². The number of benzene rings is 2. The molecule has 5 nitrogen and oxygen atoms in total. The highest BCUT2D eigenvalue weighted by Gasteiger charge is 2.06. The number of hydrazone groups is 1. The number of hydrogen-bond donors (Lipinski definition) is 3. The third-order valence-corrected chi connectivity index (χ3v) is 4.02. The van der Waals surface area contributed by atoms with Crippen LogP contribution in [0.5, 0.6) is 5.75 Å². The molecule has 0 aliphatic rings. The fourth-order valence-corrected chi connectivity index (χ4v) is 2.91. The molecule has 0 spiro atoms. The third-order valence-electron chi connectivity index (χ3n) is 4.02. The van der Waals surface area contributed by atoms with Crippen LogP contribution in [0, 0.1) is 34.6 Å². The van der Waals surface area contributed by atoms with Crippen molar-refractivity contribution in [1.82, 2.24) is 5.43 Å². The number of carbonyl (C=O) groups is 1. The quantitative estimate of drug-likeness (QED) is 0.576. The summed E-state index contributed by atoms with van der Waals surface area (Å²) in [5, 5.41) is 16.9. The molecule has 132 valence electrons. The van der Waals surface area contributed by atoms with Gasteiger partial charge in [0.25, 0.3) is 5.91 Å². The van der Waals surface area contributed by atoms with Crippen LogP contribution in [-0.4, -0.2) is 23.8 Å². The first-order valence-electron chi connectivity index (χ1n) is 8.21. The molecule has 0 aliphatic heterocycles. The lowest BCUT2D eigenvalue weighted by atomic mass is 10.1. The normalized spacial score (nSPS) is 10.9. The molecule has 2 rings (SSSR count). The predicted octanol–water partition coefficient (Wildman–Crippen LogP) is 3.50. The fourth-order valence-electron chi connectivity index (χ4n) is 2.91. The van der Waals surface area contributed by atoms with Gasteiger partial charge in [0.1, 0.15) is 5.75 Å². The van der Waals surface area contributed by atoms with E-state index in [-0.39, 0.29) is 18.2 Å². The zero-order valence-electron chi connectivity index (χ0n) is 15.4. The number of aryl methyl sites for hydroxylation is 5. The lowest BCUT2D eigenvalue weighted by Gasteiger charge is -2.13. The van der Waals surface area contributed by atoms with Crippen LogP contribution >= 0.6 is 0 Å². The maximum absolute atomic E-state index is 12.0. The van der Waals surface area contributed by atoms with Crippen molar-refractivity contribution in [2.24, 2.45) is 5.10 Å². The van der Waals surface area contributed by atoms with Crippen LogP contribution in [0.2, 0.25) is 0 Å². The summed E-state index contributed by atoms with van der Waals surface area (Å²) in [5.41, 5.74) is 9.30. The fraction of sp³-hybridized carbons (Fsp3) is 0.300. The molecule has 25 heavy (non-hydrogen) atoms. The second-order valence-electron chi connectivity index (χ2n) is 6.42. The Hall–Kier alpha value is -2.82. The van der Waals surface area contributed by atoms with Gasteiger partial charge in [0.15, 0.2) is 0 Å². The van der Waals surface area contributed by atoms with Gasteiger partial charge >= 0.3 is 0 Å². The number of anilines is 1. The summed E-state index contributed by atoms with van der Waals surface area (Å²) in [6.07, 6.45) is 1.57. The Morgan fingerprint density at radius 2 is 1.56 bits per heavy atom. The van der Waals surface area contributed by atoms with Crippen molar-refractivity contribution in [3.05, 3.63) is 57.6 Å². The molecule has 0 bridgehead atoms. The van der Waals surface area contributed by atoms with Crippen molar-refractivity contribution in [2.75, 3.05) is 11.9 Å². The smallest absolute Gasteiger partial charge is 0.259 e.